The van der Waals surface area contributed by atoms with E-state index in [1.54, 1.807) is 0 Å². The molecule has 0 aliphatic rings. The molecule has 0 saturated carbocycles. The average molecular weight is 124 g/mol. The molecule has 0 unspecified atom stereocenters. The second kappa shape index (κ2) is 3.66. The fourth-order valence-corrected chi connectivity index (χ4v) is 0.298. The van der Waals surface area contributed by atoms with Gasteiger partial charge in [-0.25, -0.2) is 0 Å². The maximum Gasteiger partial charge on any atom is 0.219 e. The molecule has 1 N–H and O–H groups in total. The van der Waals surface area contributed by atoms with Gasteiger partial charge in [-0.3, -0.25) is 4.79 Å². The molecule has 2 heteroatoms. The van der Waals surface area contributed by atoms with Crippen LogP contribution in [-0.2, 0) is 4.79 Å². The molecule has 48 valence electrons. The molecule has 0 amide bonds. The maximum atomic E-state index is 10.4. The zero-order valence-corrected chi connectivity index (χ0v) is 5.00. The first-order valence-corrected chi connectivity index (χ1v) is 2.40. The van der Waals surface area contributed by atoms with Crippen molar-refractivity contribution >= 4 is 5.78 Å². The fourth-order valence-electron chi connectivity index (χ4n) is 0.298. The Hall–Kier alpha value is -1.31. The van der Waals surface area contributed by atoms with Gasteiger partial charge in [-0.1, -0.05) is 19.2 Å². The van der Waals surface area contributed by atoms with Gasteiger partial charge in [-0.05, 0) is 12.2 Å². The highest BCUT2D eigenvalue weighted by Gasteiger charge is 1.97. The van der Waals surface area contributed by atoms with Crippen molar-refractivity contribution in [2.45, 2.75) is 0 Å². The van der Waals surface area contributed by atoms with Gasteiger partial charge in [0.05, 0.1) is 0 Å². The molecule has 2 nitrogen and oxygen atoms in total. The SMILES string of the molecule is C=CC=C(O)C(=O)C=C. The summed E-state index contributed by atoms with van der Waals surface area (Å²) in [6, 6.07) is 0. The Bertz CT molecular complexity index is 166. The third-order valence-corrected chi connectivity index (χ3v) is 0.714. The summed E-state index contributed by atoms with van der Waals surface area (Å²) < 4.78 is 0. The van der Waals surface area contributed by atoms with E-state index in [1.807, 2.05) is 0 Å². The molecular weight excluding hydrogens is 116 g/mol. The normalized spacial score (nSPS) is 10.4. The predicted molar refractivity (Wildman–Crippen MR) is 36.1 cm³/mol. The molecule has 0 aliphatic carbocycles. The summed E-state index contributed by atoms with van der Waals surface area (Å²) in [5, 5.41) is 8.69. The smallest absolute Gasteiger partial charge is 0.219 e. The number of carbonyl (C=O) groups excluding carboxylic acids is 1. The number of allylic oxidation sites excluding steroid dienone is 3. The molecule has 0 spiro atoms. The Morgan fingerprint density at radius 2 is 2.00 bits per heavy atom. The van der Waals surface area contributed by atoms with Gasteiger partial charge in [0.25, 0.3) is 0 Å². The number of ketones is 1. The van der Waals surface area contributed by atoms with Crippen molar-refractivity contribution in [1.29, 1.82) is 0 Å². The largest absolute Gasteiger partial charge is 0.504 e. The van der Waals surface area contributed by atoms with Gasteiger partial charge < -0.3 is 5.11 Å². The summed E-state index contributed by atoms with van der Waals surface area (Å²) in [5.41, 5.74) is 0. The van der Waals surface area contributed by atoms with Crippen LogP contribution in [0.15, 0.2) is 37.1 Å². The highest BCUT2D eigenvalue weighted by Crippen LogP contribution is 1.90. The number of aliphatic hydroxyl groups is 1. The van der Waals surface area contributed by atoms with E-state index in [2.05, 4.69) is 13.2 Å². The molecular formula is C7H8O2. The molecule has 0 bridgehead atoms. The highest BCUT2D eigenvalue weighted by molar-refractivity contribution is 6.01. The summed E-state index contributed by atoms with van der Waals surface area (Å²) in [6.07, 6.45) is 3.58. The minimum atomic E-state index is -0.491. The van der Waals surface area contributed by atoms with Gasteiger partial charge in [0, 0.05) is 0 Å². The van der Waals surface area contributed by atoms with Crippen molar-refractivity contribution in [3.63, 3.8) is 0 Å². The monoisotopic (exact) mass is 124 g/mol. The van der Waals surface area contributed by atoms with Crippen molar-refractivity contribution < 1.29 is 9.90 Å². The molecule has 0 aliphatic heterocycles. The van der Waals surface area contributed by atoms with Crippen LogP contribution in [0.2, 0.25) is 0 Å². The quantitative estimate of drug-likeness (QED) is 0.350. The van der Waals surface area contributed by atoms with Gasteiger partial charge in [0.2, 0.25) is 5.78 Å². The number of rotatable bonds is 3. The lowest BCUT2D eigenvalue weighted by atomic mass is 10.3. The van der Waals surface area contributed by atoms with Gasteiger partial charge in [-0.15, -0.1) is 0 Å². The molecule has 0 aromatic carbocycles. The summed E-state index contributed by atoms with van der Waals surface area (Å²) >= 11 is 0. The second-order valence-electron chi connectivity index (χ2n) is 1.36. The number of hydrogen-bond acceptors (Lipinski definition) is 2. The van der Waals surface area contributed by atoms with Gasteiger partial charge in [-0.2, -0.15) is 0 Å². The molecule has 0 fully saturated rings. The summed E-state index contributed by atoms with van der Waals surface area (Å²) in [7, 11) is 0. The van der Waals surface area contributed by atoms with Crippen LogP contribution in [0.25, 0.3) is 0 Å². The van der Waals surface area contributed by atoms with E-state index in [9.17, 15) is 4.79 Å². The molecule has 0 rings (SSSR count). The van der Waals surface area contributed by atoms with E-state index in [0.29, 0.717) is 0 Å². The van der Waals surface area contributed by atoms with E-state index in [-0.39, 0.29) is 5.76 Å². The average Bonchev–Trinajstić information content (AvgIpc) is 1.87. The summed E-state index contributed by atoms with van der Waals surface area (Å²) in [5.74, 6) is -0.824. The lowest BCUT2D eigenvalue weighted by Gasteiger charge is -1.87. The van der Waals surface area contributed by atoms with Crippen LogP contribution in [0, 0.1) is 0 Å². The lowest BCUT2D eigenvalue weighted by molar-refractivity contribution is -0.113. The van der Waals surface area contributed by atoms with E-state index in [0.717, 1.165) is 6.08 Å². The summed E-state index contributed by atoms with van der Waals surface area (Å²) in [4.78, 5) is 10.4. The van der Waals surface area contributed by atoms with Crippen molar-refractivity contribution in [3.8, 4) is 0 Å². The van der Waals surface area contributed by atoms with Crippen LogP contribution >= 0.6 is 0 Å². The first kappa shape index (κ1) is 7.69. The van der Waals surface area contributed by atoms with E-state index in [1.165, 1.54) is 12.2 Å². The molecule has 0 radical (unpaired) electrons. The Labute approximate surface area is 53.8 Å². The van der Waals surface area contributed by atoms with Crippen molar-refractivity contribution in [2.75, 3.05) is 0 Å². The van der Waals surface area contributed by atoms with Crippen molar-refractivity contribution in [3.05, 3.63) is 37.1 Å². The number of carbonyl (C=O) groups is 1. The standard InChI is InChI=1S/C7H8O2/c1-3-5-7(9)6(8)4-2/h3-5,9H,1-2H2. The zero-order chi connectivity index (χ0) is 7.28. The fraction of sp³-hybridized carbons (Fsp3) is 0. The second-order valence-corrected chi connectivity index (χ2v) is 1.36. The third-order valence-electron chi connectivity index (χ3n) is 0.714. The van der Waals surface area contributed by atoms with E-state index < -0.39 is 5.78 Å². The van der Waals surface area contributed by atoms with E-state index >= 15 is 0 Å². The van der Waals surface area contributed by atoms with Gasteiger partial charge >= 0.3 is 0 Å². The third kappa shape index (κ3) is 2.49. The van der Waals surface area contributed by atoms with Crippen molar-refractivity contribution in [2.24, 2.45) is 0 Å². The Balaban J connectivity index is 4.18. The number of hydrogen-bond donors (Lipinski definition) is 1. The van der Waals surface area contributed by atoms with Gasteiger partial charge in [0.1, 0.15) is 0 Å². The first-order chi connectivity index (χ1) is 4.22. The Morgan fingerprint density at radius 3 is 2.33 bits per heavy atom. The lowest BCUT2D eigenvalue weighted by Crippen LogP contribution is -1.94. The number of aliphatic hydroxyl groups excluding tert-OH is 1. The first-order valence-electron chi connectivity index (χ1n) is 2.40. The molecule has 0 saturated heterocycles. The van der Waals surface area contributed by atoms with Gasteiger partial charge in [0.15, 0.2) is 5.76 Å². The molecule has 9 heavy (non-hydrogen) atoms. The molecule has 0 aromatic heterocycles. The molecule has 0 aromatic rings. The Morgan fingerprint density at radius 1 is 1.44 bits per heavy atom. The van der Waals surface area contributed by atoms with Crippen molar-refractivity contribution in [1.82, 2.24) is 0 Å². The predicted octanol–water partition coefficient (Wildman–Crippen LogP) is 1.37. The minimum Gasteiger partial charge on any atom is -0.504 e. The molecule has 0 atom stereocenters. The topological polar surface area (TPSA) is 37.3 Å². The van der Waals surface area contributed by atoms with Crippen LogP contribution in [0.4, 0.5) is 0 Å². The maximum absolute atomic E-state index is 10.4. The highest BCUT2D eigenvalue weighted by atomic mass is 16.3. The summed E-state index contributed by atoms with van der Waals surface area (Å²) in [6.45, 7) is 6.47. The van der Waals surface area contributed by atoms with Crippen LogP contribution in [-0.4, -0.2) is 10.9 Å². The Kier molecular flexibility index (Phi) is 3.13. The van der Waals surface area contributed by atoms with Crippen LogP contribution < -0.4 is 0 Å². The van der Waals surface area contributed by atoms with Crippen LogP contribution in [0.1, 0.15) is 0 Å². The minimum absolute atomic E-state index is 0.333. The van der Waals surface area contributed by atoms with Crippen LogP contribution in [0.5, 0.6) is 0 Å². The van der Waals surface area contributed by atoms with Crippen LogP contribution in [0.3, 0.4) is 0 Å². The zero-order valence-electron chi connectivity index (χ0n) is 5.00. The van der Waals surface area contributed by atoms with E-state index in [4.69, 9.17) is 5.11 Å². The molecule has 0 heterocycles.